The molecule has 1 rings (SSSR count). The quantitative estimate of drug-likeness (QED) is 0.765. The van der Waals surface area contributed by atoms with E-state index >= 15 is 0 Å². The van der Waals surface area contributed by atoms with Gasteiger partial charge in [0.05, 0.1) is 0 Å². The van der Waals surface area contributed by atoms with E-state index in [1.807, 2.05) is 30.5 Å². The number of anilines is 1. The Morgan fingerprint density at radius 2 is 2.12 bits per heavy atom. The van der Waals surface area contributed by atoms with E-state index in [0.717, 1.165) is 10.6 Å². The van der Waals surface area contributed by atoms with Gasteiger partial charge in [0.25, 0.3) is 0 Å². The van der Waals surface area contributed by atoms with Gasteiger partial charge in [-0.2, -0.15) is 0 Å². The van der Waals surface area contributed by atoms with Gasteiger partial charge in [-0.3, -0.25) is 9.59 Å². The second-order valence-electron chi connectivity index (χ2n) is 3.25. The lowest BCUT2D eigenvalue weighted by Gasteiger charge is -2.05. The molecule has 16 heavy (non-hydrogen) atoms. The van der Waals surface area contributed by atoms with Crippen LogP contribution >= 0.6 is 11.8 Å². The third kappa shape index (κ3) is 4.35. The van der Waals surface area contributed by atoms with Crippen molar-refractivity contribution < 1.29 is 9.59 Å². The van der Waals surface area contributed by atoms with Gasteiger partial charge in [0.2, 0.25) is 11.8 Å². The zero-order valence-electron chi connectivity index (χ0n) is 9.03. The first-order valence-corrected chi connectivity index (χ1v) is 6.06. The molecule has 0 saturated carbocycles. The number of carbonyl (C=O) groups excluding carboxylic acids is 2. The minimum absolute atomic E-state index is 0.0774. The predicted octanol–water partition coefficient (Wildman–Crippen LogP) is 1.61. The molecular weight excluding hydrogens is 224 g/mol. The number of nitrogens with two attached hydrogens (primary N) is 1. The van der Waals surface area contributed by atoms with Crippen molar-refractivity contribution in [2.45, 2.75) is 17.7 Å². The van der Waals surface area contributed by atoms with E-state index in [4.69, 9.17) is 5.73 Å². The SMILES string of the molecule is CSc1cccc(NC(=O)CCC(N)=O)c1. The monoisotopic (exact) mass is 238 g/mol. The van der Waals surface area contributed by atoms with Crippen LogP contribution in [0, 0.1) is 0 Å². The van der Waals surface area contributed by atoms with Crippen molar-refractivity contribution >= 4 is 29.3 Å². The van der Waals surface area contributed by atoms with Gasteiger partial charge in [0.1, 0.15) is 0 Å². The van der Waals surface area contributed by atoms with Crippen LogP contribution in [0.1, 0.15) is 12.8 Å². The lowest BCUT2D eigenvalue weighted by atomic mass is 10.2. The number of thioether (sulfide) groups is 1. The molecule has 0 bridgehead atoms. The molecule has 4 nitrogen and oxygen atoms in total. The maximum atomic E-state index is 11.4. The minimum atomic E-state index is -0.465. The van der Waals surface area contributed by atoms with Crippen LogP contribution in [0.25, 0.3) is 0 Å². The first-order valence-electron chi connectivity index (χ1n) is 4.84. The van der Waals surface area contributed by atoms with Crippen LogP contribution in [0.4, 0.5) is 5.69 Å². The zero-order valence-corrected chi connectivity index (χ0v) is 9.84. The van der Waals surface area contributed by atoms with Gasteiger partial charge in [-0.05, 0) is 24.5 Å². The molecule has 0 aliphatic carbocycles. The maximum Gasteiger partial charge on any atom is 0.224 e. The standard InChI is InChI=1S/C11H14N2O2S/c1-16-9-4-2-3-8(7-9)13-11(15)6-5-10(12)14/h2-4,7H,5-6H2,1H3,(H2,12,14)(H,13,15). The Morgan fingerprint density at radius 3 is 2.75 bits per heavy atom. The number of nitrogens with one attached hydrogen (secondary N) is 1. The molecule has 0 radical (unpaired) electrons. The molecule has 0 heterocycles. The summed E-state index contributed by atoms with van der Waals surface area (Å²) in [5.74, 6) is -0.662. The highest BCUT2D eigenvalue weighted by Gasteiger charge is 2.04. The highest BCUT2D eigenvalue weighted by molar-refractivity contribution is 7.98. The van der Waals surface area contributed by atoms with Gasteiger partial charge >= 0.3 is 0 Å². The summed E-state index contributed by atoms with van der Waals surface area (Å²) < 4.78 is 0. The van der Waals surface area contributed by atoms with E-state index in [1.54, 1.807) is 11.8 Å². The van der Waals surface area contributed by atoms with Crippen molar-refractivity contribution in [1.82, 2.24) is 0 Å². The molecule has 1 aromatic rings. The summed E-state index contributed by atoms with van der Waals surface area (Å²) in [6, 6.07) is 7.52. The van der Waals surface area contributed by atoms with Crippen molar-refractivity contribution in [2.24, 2.45) is 5.73 Å². The topological polar surface area (TPSA) is 72.2 Å². The number of rotatable bonds is 5. The molecule has 0 unspecified atom stereocenters. The van der Waals surface area contributed by atoms with Gasteiger partial charge in [0.15, 0.2) is 0 Å². The Morgan fingerprint density at radius 1 is 1.38 bits per heavy atom. The molecule has 86 valence electrons. The second-order valence-corrected chi connectivity index (χ2v) is 4.13. The molecule has 5 heteroatoms. The average Bonchev–Trinajstić information content (AvgIpc) is 2.26. The van der Waals surface area contributed by atoms with E-state index in [9.17, 15) is 9.59 Å². The first-order chi connectivity index (χ1) is 7.61. The van der Waals surface area contributed by atoms with Gasteiger partial charge in [-0.1, -0.05) is 6.07 Å². The molecule has 1 aromatic carbocycles. The van der Waals surface area contributed by atoms with Crippen molar-refractivity contribution in [3.63, 3.8) is 0 Å². The second kappa shape index (κ2) is 6.17. The van der Waals surface area contributed by atoms with Crippen LogP contribution in [0.5, 0.6) is 0 Å². The third-order valence-electron chi connectivity index (χ3n) is 1.95. The van der Waals surface area contributed by atoms with Crippen molar-refractivity contribution in [2.75, 3.05) is 11.6 Å². The third-order valence-corrected chi connectivity index (χ3v) is 2.68. The molecule has 0 spiro atoms. The Labute approximate surface area is 98.6 Å². The molecule has 0 atom stereocenters. The van der Waals surface area contributed by atoms with E-state index in [-0.39, 0.29) is 18.7 Å². The summed E-state index contributed by atoms with van der Waals surface area (Å²) in [6.45, 7) is 0. The number of hydrogen-bond donors (Lipinski definition) is 2. The molecule has 3 N–H and O–H groups in total. The number of hydrogen-bond acceptors (Lipinski definition) is 3. The van der Waals surface area contributed by atoms with Crippen molar-refractivity contribution in [3.05, 3.63) is 24.3 Å². The maximum absolute atomic E-state index is 11.4. The van der Waals surface area contributed by atoms with Crippen molar-refractivity contribution in [3.8, 4) is 0 Å². The first kappa shape index (κ1) is 12.6. The Bertz CT molecular complexity index is 393. The van der Waals surface area contributed by atoms with Crippen LogP contribution < -0.4 is 11.1 Å². The molecular formula is C11H14N2O2S. The molecule has 2 amide bonds. The van der Waals surface area contributed by atoms with Crippen molar-refractivity contribution in [1.29, 1.82) is 0 Å². The largest absolute Gasteiger partial charge is 0.370 e. The van der Waals surface area contributed by atoms with Gasteiger partial charge in [-0.25, -0.2) is 0 Å². The number of primary amides is 1. The van der Waals surface area contributed by atoms with E-state index in [0.29, 0.717) is 0 Å². The number of carbonyl (C=O) groups is 2. The molecule has 0 aliphatic rings. The Kier molecular flexibility index (Phi) is 4.85. The van der Waals surface area contributed by atoms with E-state index in [2.05, 4.69) is 5.32 Å². The summed E-state index contributed by atoms with van der Waals surface area (Å²) in [5.41, 5.74) is 5.69. The van der Waals surface area contributed by atoms with Crippen LogP contribution in [0.2, 0.25) is 0 Å². The summed E-state index contributed by atoms with van der Waals surface area (Å²) in [5, 5.41) is 2.71. The lowest BCUT2D eigenvalue weighted by Crippen LogP contribution is -2.17. The van der Waals surface area contributed by atoms with Gasteiger partial charge in [-0.15, -0.1) is 11.8 Å². The van der Waals surface area contributed by atoms with Crippen LogP contribution in [0.15, 0.2) is 29.2 Å². The fourth-order valence-electron chi connectivity index (χ4n) is 1.16. The number of benzene rings is 1. The fourth-order valence-corrected chi connectivity index (χ4v) is 1.62. The molecule has 0 aromatic heterocycles. The highest BCUT2D eigenvalue weighted by Crippen LogP contribution is 2.18. The molecule has 0 fully saturated rings. The van der Waals surface area contributed by atoms with Gasteiger partial charge in [0, 0.05) is 23.4 Å². The Hall–Kier alpha value is -1.49. The Balaban J connectivity index is 2.52. The van der Waals surface area contributed by atoms with E-state index in [1.165, 1.54) is 0 Å². The average molecular weight is 238 g/mol. The smallest absolute Gasteiger partial charge is 0.224 e. The molecule has 0 aliphatic heterocycles. The van der Waals surface area contributed by atoms with Gasteiger partial charge < -0.3 is 11.1 Å². The van der Waals surface area contributed by atoms with Crippen LogP contribution in [0.3, 0.4) is 0 Å². The summed E-state index contributed by atoms with van der Waals surface area (Å²) in [4.78, 5) is 23.0. The molecule has 0 saturated heterocycles. The summed E-state index contributed by atoms with van der Waals surface area (Å²) >= 11 is 1.60. The zero-order chi connectivity index (χ0) is 12.0. The summed E-state index contributed by atoms with van der Waals surface area (Å²) in [7, 11) is 0. The van der Waals surface area contributed by atoms with Crippen LogP contribution in [-0.2, 0) is 9.59 Å². The normalized spacial score (nSPS) is 9.81. The predicted molar refractivity (Wildman–Crippen MR) is 65.3 cm³/mol. The summed E-state index contributed by atoms with van der Waals surface area (Å²) in [6.07, 6.45) is 2.17. The number of amides is 2. The minimum Gasteiger partial charge on any atom is -0.370 e. The highest BCUT2D eigenvalue weighted by atomic mass is 32.2. The van der Waals surface area contributed by atoms with Crippen LogP contribution in [-0.4, -0.2) is 18.1 Å². The lowest BCUT2D eigenvalue weighted by molar-refractivity contribution is -0.122. The van der Waals surface area contributed by atoms with E-state index < -0.39 is 5.91 Å². The fraction of sp³-hybridized carbons (Fsp3) is 0.273.